The number of rotatable bonds is 1. The smallest absolute Gasteiger partial charge is 0.187 e. The molecule has 3 atom stereocenters. The third-order valence-electron chi connectivity index (χ3n) is 4.97. The lowest BCUT2D eigenvalue weighted by Crippen LogP contribution is -2.43. The highest BCUT2D eigenvalue weighted by atomic mass is 14.7. The van der Waals surface area contributed by atoms with Crippen LogP contribution in [0.15, 0.2) is 22.9 Å². The van der Waals surface area contributed by atoms with E-state index in [2.05, 4.69) is 31.2 Å². The third-order valence-corrected chi connectivity index (χ3v) is 4.97. The van der Waals surface area contributed by atoms with Gasteiger partial charge in [-0.25, -0.2) is 0 Å². The largest absolute Gasteiger partial charge is 0.399 e. The lowest BCUT2D eigenvalue weighted by molar-refractivity contribution is 0.224. The van der Waals surface area contributed by atoms with Gasteiger partial charge >= 0.3 is 0 Å². The van der Waals surface area contributed by atoms with E-state index in [1.165, 1.54) is 0 Å². The first kappa shape index (κ1) is 14.2. The number of hydrogen-bond donors (Lipinski definition) is 1. The maximum Gasteiger partial charge on any atom is 0.187 e. The van der Waals surface area contributed by atoms with Gasteiger partial charge in [-0.1, -0.05) is 26.3 Å². The second kappa shape index (κ2) is 5.03. The van der Waals surface area contributed by atoms with Crippen molar-refractivity contribution in [3.8, 4) is 18.2 Å². The van der Waals surface area contributed by atoms with Gasteiger partial charge in [-0.2, -0.15) is 15.8 Å². The Bertz CT molecular complexity index is 592. The average molecular weight is 266 g/mol. The summed E-state index contributed by atoms with van der Waals surface area (Å²) in [5, 5.41) is 28.4. The van der Waals surface area contributed by atoms with Crippen LogP contribution < -0.4 is 5.73 Å². The summed E-state index contributed by atoms with van der Waals surface area (Å²) in [5.74, 6) is 0.450. The molecular weight excluding hydrogens is 248 g/mol. The van der Waals surface area contributed by atoms with Crippen LogP contribution in [0.3, 0.4) is 0 Å². The number of nitrogens with zero attached hydrogens (tertiary/aromatic N) is 3. The van der Waals surface area contributed by atoms with Crippen LogP contribution in [0.25, 0.3) is 0 Å². The lowest BCUT2D eigenvalue weighted by atomic mass is 9.58. The summed E-state index contributed by atoms with van der Waals surface area (Å²) < 4.78 is 0. The monoisotopic (exact) mass is 266 g/mol. The third kappa shape index (κ3) is 1.71. The van der Waals surface area contributed by atoms with Crippen molar-refractivity contribution in [2.75, 3.05) is 0 Å². The van der Waals surface area contributed by atoms with Crippen molar-refractivity contribution < 1.29 is 0 Å². The Labute approximate surface area is 119 Å². The maximum atomic E-state index is 9.49. The van der Waals surface area contributed by atoms with Crippen molar-refractivity contribution in [1.29, 1.82) is 15.8 Å². The molecule has 0 fully saturated rings. The van der Waals surface area contributed by atoms with Crippen LogP contribution >= 0.6 is 0 Å². The van der Waals surface area contributed by atoms with Gasteiger partial charge in [0, 0.05) is 5.92 Å². The van der Waals surface area contributed by atoms with Crippen LogP contribution in [-0.2, 0) is 0 Å². The second-order valence-electron chi connectivity index (χ2n) is 5.73. The molecule has 0 aliphatic heterocycles. The lowest BCUT2D eigenvalue weighted by Gasteiger charge is -2.43. The molecule has 0 saturated heterocycles. The van der Waals surface area contributed by atoms with Crippen molar-refractivity contribution in [3.63, 3.8) is 0 Å². The molecule has 2 N–H and O–H groups in total. The molecule has 0 bridgehead atoms. The Hall–Kier alpha value is -2.25. The molecule has 0 radical (unpaired) electrons. The molecule has 20 heavy (non-hydrogen) atoms. The van der Waals surface area contributed by atoms with Crippen molar-refractivity contribution in [3.05, 3.63) is 22.9 Å². The SMILES string of the molecule is CC[C@@H]1CC=C2C(C#N)=C(N)C(C#N)(C#N)[C@H](C)[C@H]2C1. The molecule has 0 spiro atoms. The molecule has 0 amide bonds. The second-order valence-corrected chi connectivity index (χ2v) is 5.73. The highest BCUT2D eigenvalue weighted by Crippen LogP contribution is 2.51. The number of fused-ring (bicyclic) bond motifs is 1. The average Bonchev–Trinajstić information content (AvgIpc) is 2.49. The Morgan fingerprint density at radius 2 is 2.00 bits per heavy atom. The number of nitrogens with two attached hydrogens (primary N) is 1. The molecule has 2 aliphatic carbocycles. The van der Waals surface area contributed by atoms with Gasteiger partial charge in [0.05, 0.1) is 23.4 Å². The van der Waals surface area contributed by atoms with Gasteiger partial charge in [0.15, 0.2) is 5.41 Å². The summed E-state index contributed by atoms with van der Waals surface area (Å²) in [5.41, 5.74) is 6.09. The van der Waals surface area contributed by atoms with Crippen LogP contribution in [-0.4, -0.2) is 0 Å². The Morgan fingerprint density at radius 3 is 2.50 bits per heavy atom. The van der Waals surface area contributed by atoms with Crippen LogP contribution in [0.4, 0.5) is 0 Å². The highest BCUT2D eigenvalue weighted by Gasteiger charge is 2.51. The molecular formula is C16H18N4. The van der Waals surface area contributed by atoms with Gasteiger partial charge in [-0.15, -0.1) is 0 Å². The van der Waals surface area contributed by atoms with Gasteiger partial charge in [-0.05, 0) is 30.3 Å². The molecule has 0 aromatic carbocycles. The van der Waals surface area contributed by atoms with Crippen LogP contribution in [0.2, 0.25) is 0 Å². The Morgan fingerprint density at radius 1 is 1.35 bits per heavy atom. The van der Waals surface area contributed by atoms with Crippen LogP contribution in [0.1, 0.15) is 33.1 Å². The molecule has 2 aliphatic rings. The maximum absolute atomic E-state index is 9.49. The quantitative estimate of drug-likeness (QED) is 0.789. The zero-order valence-electron chi connectivity index (χ0n) is 11.8. The molecule has 0 aromatic rings. The van der Waals surface area contributed by atoms with Gasteiger partial charge < -0.3 is 5.73 Å². The van der Waals surface area contributed by atoms with Crippen LogP contribution in [0.5, 0.6) is 0 Å². The van der Waals surface area contributed by atoms with E-state index in [1.54, 1.807) is 0 Å². The molecule has 0 aromatic heterocycles. The minimum absolute atomic E-state index is 0.0787. The Kier molecular flexibility index (Phi) is 3.56. The number of nitriles is 3. The summed E-state index contributed by atoms with van der Waals surface area (Å²) in [6, 6.07) is 6.26. The van der Waals surface area contributed by atoms with E-state index in [1.807, 2.05) is 6.92 Å². The van der Waals surface area contributed by atoms with Crippen molar-refractivity contribution in [1.82, 2.24) is 0 Å². The summed E-state index contributed by atoms with van der Waals surface area (Å²) in [4.78, 5) is 0. The van der Waals surface area contributed by atoms with Crippen molar-refractivity contribution >= 4 is 0 Å². The summed E-state index contributed by atoms with van der Waals surface area (Å²) in [7, 11) is 0. The summed E-state index contributed by atoms with van der Waals surface area (Å²) in [6.45, 7) is 4.05. The molecule has 4 heteroatoms. The minimum Gasteiger partial charge on any atom is -0.399 e. The highest BCUT2D eigenvalue weighted by molar-refractivity contribution is 5.56. The Balaban J connectivity index is 2.65. The van der Waals surface area contributed by atoms with E-state index in [0.29, 0.717) is 11.5 Å². The van der Waals surface area contributed by atoms with E-state index in [4.69, 9.17) is 5.73 Å². The first-order valence-electron chi connectivity index (χ1n) is 6.98. The number of allylic oxidation sites excluding steroid dienone is 4. The van der Waals surface area contributed by atoms with Crippen molar-refractivity contribution in [2.45, 2.75) is 33.1 Å². The fraction of sp³-hybridized carbons (Fsp3) is 0.562. The predicted octanol–water partition coefficient (Wildman–Crippen LogP) is 2.77. The zero-order valence-corrected chi connectivity index (χ0v) is 11.8. The topological polar surface area (TPSA) is 97.4 Å². The van der Waals surface area contributed by atoms with Gasteiger partial charge in [0.2, 0.25) is 0 Å². The first-order chi connectivity index (χ1) is 9.55. The summed E-state index contributed by atoms with van der Waals surface area (Å²) >= 11 is 0. The van der Waals surface area contributed by atoms with Gasteiger partial charge in [-0.3, -0.25) is 0 Å². The molecule has 102 valence electrons. The van der Waals surface area contributed by atoms with Gasteiger partial charge in [0.1, 0.15) is 6.07 Å². The normalized spacial score (nSPS) is 31.4. The fourth-order valence-corrected chi connectivity index (χ4v) is 3.50. The van der Waals surface area contributed by atoms with E-state index in [-0.39, 0.29) is 17.5 Å². The molecule has 4 nitrogen and oxygen atoms in total. The van der Waals surface area contributed by atoms with E-state index < -0.39 is 5.41 Å². The molecule has 0 heterocycles. The molecule has 0 unspecified atom stereocenters. The standard InChI is InChI=1S/C16H18N4/c1-3-11-4-5-12-13(6-11)10(2)16(8-18,9-19)15(20)14(12)7-17/h5,10-11,13H,3-4,6,20H2,1-2H3/t10-,11-,13-/m1/s1. The van der Waals surface area contributed by atoms with Crippen molar-refractivity contribution in [2.24, 2.45) is 28.9 Å². The van der Waals surface area contributed by atoms with E-state index in [9.17, 15) is 15.8 Å². The van der Waals surface area contributed by atoms with Gasteiger partial charge in [0.25, 0.3) is 0 Å². The molecule has 2 rings (SSSR count). The zero-order chi connectivity index (χ0) is 14.9. The molecule has 0 saturated carbocycles. The van der Waals surface area contributed by atoms with E-state index in [0.717, 1.165) is 24.8 Å². The predicted molar refractivity (Wildman–Crippen MR) is 74.2 cm³/mol. The summed E-state index contributed by atoms with van der Waals surface area (Å²) in [6.07, 6.45) is 5.02. The number of hydrogen-bond acceptors (Lipinski definition) is 4. The fourth-order valence-electron chi connectivity index (χ4n) is 3.50. The van der Waals surface area contributed by atoms with E-state index >= 15 is 0 Å². The minimum atomic E-state index is -1.37. The van der Waals surface area contributed by atoms with Crippen LogP contribution in [0, 0.1) is 57.2 Å². The first-order valence-corrected chi connectivity index (χ1v) is 6.98.